The molecule has 0 bridgehead atoms. The second-order valence-electron chi connectivity index (χ2n) is 5.32. The van der Waals surface area contributed by atoms with Gasteiger partial charge in [0.05, 0.1) is 15.6 Å². The SMILES string of the molecule is CCN1C(=O)/C(=C/C(Cl)=C/c2ccccc2)SC1=Nc1ccncc1Cl. The lowest BCUT2D eigenvalue weighted by atomic mass is 10.2. The Labute approximate surface area is 166 Å². The zero-order valence-electron chi connectivity index (χ0n) is 13.9. The fourth-order valence-corrected chi connectivity index (χ4v) is 3.81. The number of thioether (sulfide) groups is 1. The second-order valence-corrected chi connectivity index (χ2v) is 7.17. The van der Waals surface area contributed by atoms with Crippen LogP contribution in [0.2, 0.25) is 5.02 Å². The molecule has 26 heavy (non-hydrogen) atoms. The van der Waals surface area contributed by atoms with E-state index in [1.165, 1.54) is 18.0 Å². The summed E-state index contributed by atoms with van der Waals surface area (Å²) in [7, 11) is 0. The number of hydrogen-bond acceptors (Lipinski definition) is 4. The molecule has 1 fully saturated rings. The number of amidine groups is 1. The normalized spacial score (nSPS) is 18.2. The first-order valence-electron chi connectivity index (χ1n) is 7.90. The van der Waals surface area contributed by atoms with Gasteiger partial charge in [0.2, 0.25) is 0 Å². The van der Waals surface area contributed by atoms with Gasteiger partial charge in [-0.1, -0.05) is 53.5 Å². The number of benzene rings is 1. The van der Waals surface area contributed by atoms with Crippen LogP contribution in [0.4, 0.5) is 5.69 Å². The standard InChI is InChI=1S/C19H15Cl2N3OS/c1-2-24-18(25)17(11-14(20)10-13-6-4-3-5-7-13)26-19(24)23-16-8-9-22-12-15(16)21/h3-12H,2H2,1H3/b14-10-,17-11-,23-19?. The van der Waals surface area contributed by atoms with Crippen LogP contribution < -0.4 is 0 Å². The van der Waals surface area contributed by atoms with Crippen molar-refractivity contribution in [3.63, 3.8) is 0 Å². The van der Waals surface area contributed by atoms with Crippen LogP contribution in [0.1, 0.15) is 12.5 Å². The van der Waals surface area contributed by atoms with Crippen LogP contribution in [0, 0.1) is 0 Å². The minimum absolute atomic E-state index is 0.124. The molecule has 0 aliphatic carbocycles. The van der Waals surface area contributed by atoms with Crippen LogP contribution >= 0.6 is 35.0 Å². The van der Waals surface area contributed by atoms with Gasteiger partial charge in [-0.3, -0.25) is 14.7 Å². The monoisotopic (exact) mass is 403 g/mol. The minimum Gasteiger partial charge on any atom is -0.287 e. The molecular formula is C19H15Cl2N3OS. The molecule has 1 aromatic heterocycles. The van der Waals surface area contributed by atoms with Crippen LogP contribution in [-0.4, -0.2) is 27.5 Å². The molecule has 4 nitrogen and oxygen atoms in total. The van der Waals surface area contributed by atoms with Crippen LogP contribution in [0.3, 0.4) is 0 Å². The van der Waals surface area contributed by atoms with Gasteiger partial charge in [0.25, 0.3) is 5.91 Å². The highest BCUT2D eigenvalue weighted by atomic mass is 35.5. The second kappa shape index (κ2) is 8.54. The summed E-state index contributed by atoms with van der Waals surface area (Å²) in [5, 5.41) is 1.48. The number of allylic oxidation sites excluding steroid dienone is 2. The highest BCUT2D eigenvalue weighted by Gasteiger charge is 2.32. The zero-order chi connectivity index (χ0) is 18.5. The number of pyridine rings is 1. The highest BCUT2D eigenvalue weighted by molar-refractivity contribution is 8.18. The number of carbonyl (C=O) groups is 1. The van der Waals surface area contributed by atoms with Crippen molar-refractivity contribution in [1.29, 1.82) is 0 Å². The Bertz CT molecular complexity index is 910. The van der Waals surface area contributed by atoms with Crippen molar-refractivity contribution in [3.05, 3.63) is 75.4 Å². The van der Waals surface area contributed by atoms with E-state index in [2.05, 4.69) is 9.98 Å². The van der Waals surface area contributed by atoms with E-state index in [-0.39, 0.29) is 5.91 Å². The van der Waals surface area contributed by atoms with Crippen molar-refractivity contribution >= 4 is 57.8 Å². The van der Waals surface area contributed by atoms with Crippen molar-refractivity contribution in [3.8, 4) is 0 Å². The molecule has 0 radical (unpaired) electrons. The average Bonchev–Trinajstić information content (AvgIpc) is 2.92. The van der Waals surface area contributed by atoms with Crippen molar-refractivity contribution in [2.24, 2.45) is 4.99 Å². The number of amides is 1. The molecule has 0 saturated carbocycles. The van der Waals surface area contributed by atoms with Crippen LogP contribution in [0.15, 0.2) is 69.8 Å². The largest absolute Gasteiger partial charge is 0.287 e. The van der Waals surface area contributed by atoms with E-state index in [1.54, 1.807) is 23.2 Å². The number of hydrogen-bond donors (Lipinski definition) is 0. The fourth-order valence-electron chi connectivity index (χ4n) is 2.31. The van der Waals surface area contributed by atoms with E-state index in [4.69, 9.17) is 23.2 Å². The summed E-state index contributed by atoms with van der Waals surface area (Å²) in [6.07, 6.45) is 6.61. The average molecular weight is 404 g/mol. The van der Waals surface area contributed by atoms with Crippen molar-refractivity contribution < 1.29 is 4.79 Å². The summed E-state index contributed by atoms with van der Waals surface area (Å²) in [5.74, 6) is -0.124. The van der Waals surface area contributed by atoms with E-state index in [0.717, 1.165) is 5.56 Å². The van der Waals surface area contributed by atoms with E-state index in [0.29, 0.717) is 32.4 Å². The Hall–Kier alpha value is -2.08. The van der Waals surface area contributed by atoms with Gasteiger partial charge < -0.3 is 0 Å². The van der Waals surface area contributed by atoms with Crippen LogP contribution in [-0.2, 0) is 4.79 Å². The molecule has 0 unspecified atom stereocenters. The van der Waals surface area contributed by atoms with E-state index in [9.17, 15) is 4.79 Å². The highest BCUT2D eigenvalue weighted by Crippen LogP contribution is 2.35. The Morgan fingerprint density at radius 3 is 2.77 bits per heavy atom. The molecule has 1 aliphatic rings. The van der Waals surface area contributed by atoms with Crippen molar-refractivity contribution in [2.45, 2.75) is 6.92 Å². The van der Waals surface area contributed by atoms with Gasteiger partial charge in [0.1, 0.15) is 0 Å². The molecule has 1 aromatic carbocycles. The van der Waals surface area contributed by atoms with Gasteiger partial charge in [-0.2, -0.15) is 0 Å². The van der Waals surface area contributed by atoms with Gasteiger partial charge in [-0.15, -0.1) is 0 Å². The Kier molecular flexibility index (Phi) is 6.14. The summed E-state index contributed by atoms with van der Waals surface area (Å²) in [4.78, 5) is 23.2. The molecule has 1 amide bonds. The summed E-state index contributed by atoms with van der Waals surface area (Å²) >= 11 is 13.7. The Morgan fingerprint density at radius 1 is 1.31 bits per heavy atom. The third-order valence-electron chi connectivity index (χ3n) is 3.54. The molecule has 0 spiro atoms. The van der Waals surface area contributed by atoms with Crippen LogP contribution in [0.5, 0.6) is 0 Å². The molecule has 0 atom stereocenters. The topological polar surface area (TPSA) is 45.6 Å². The van der Waals surface area contributed by atoms with E-state index in [1.807, 2.05) is 43.3 Å². The third-order valence-corrected chi connectivity index (χ3v) is 5.06. The maximum atomic E-state index is 12.6. The number of aliphatic imine (C=N–C) groups is 1. The van der Waals surface area contributed by atoms with Gasteiger partial charge in [-0.05, 0) is 42.5 Å². The maximum absolute atomic E-state index is 12.6. The molecule has 0 N–H and O–H groups in total. The number of rotatable bonds is 4. The number of likely N-dealkylation sites (N-methyl/N-ethyl adjacent to an activating group) is 1. The van der Waals surface area contributed by atoms with Gasteiger partial charge in [0, 0.05) is 24.0 Å². The van der Waals surface area contributed by atoms with Gasteiger partial charge in [0.15, 0.2) is 5.17 Å². The lowest BCUT2D eigenvalue weighted by molar-refractivity contribution is -0.122. The lowest BCUT2D eigenvalue weighted by Crippen LogP contribution is -2.28. The summed E-state index contributed by atoms with van der Waals surface area (Å²) < 4.78 is 0. The minimum atomic E-state index is -0.124. The quantitative estimate of drug-likeness (QED) is 0.634. The maximum Gasteiger partial charge on any atom is 0.266 e. The zero-order valence-corrected chi connectivity index (χ0v) is 16.2. The smallest absolute Gasteiger partial charge is 0.266 e. The summed E-state index contributed by atoms with van der Waals surface area (Å²) in [6.45, 7) is 2.40. The number of carbonyl (C=O) groups excluding carboxylic acids is 1. The predicted molar refractivity (Wildman–Crippen MR) is 110 cm³/mol. The Balaban J connectivity index is 1.90. The first-order chi connectivity index (χ1) is 12.6. The van der Waals surface area contributed by atoms with Crippen LogP contribution in [0.25, 0.3) is 6.08 Å². The third kappa shape index (κ3) is 4.36. The van der Waals surface area contributed by atoms with E-state index >= 15 is 0 Å². The lowest BCUT2D eigenvalue weighted by Gasteiger charge is -2.12. The van der Waals surface area contributed by atoms with Gasteiger partial charge >= 0.3 is 0 Å². The molecule has 7 heteroatoms. The molecule has 3 rings (SSSR count). The van der Waals surface area contributed by atoms with Crippen molar-refractivity contribution in [1.82, 2.24) is 9.88 Å². The Morgan fingerprint density at radius 2 is 2.08 bits per heavy atom. The first-order valence-corrected chi connectivity index (χ1v) is 9.47. The molecule has 1 aliphatic heterocycles. The molecule has 1 saturated heterocycles. The fraction of sp³-hybridized carbons (Fsp3) is 0.105. The number of halogens is 2. The predicted octanol–water partition coefficient (Wildman–Crippen LogP) is 5.48. The van der Waals surface area contributed by atoms with Gasteiger partial charge in [-0.25, -0.2) is 4.99 Å². The van der Waals surface area contributed by atoms with E-state index < -0.39 is 0 Å². The molecule has 2 aromatic rings. The summed E-state index contributed by atoms with van der Waals surface area (Å²) in [5.41, 5.74) is 1.54. The number of nitrogens with zero attached hydrogens (tertiary/aromatic N) is 3. The molecule has 2 heterocycles. The molecule has 132 valence electrons. The number of aromatic nitrogens is 1. The first kappa shape index (κ1) is 18.7. The molecular weight excluding hydrogens is 389 g/mol. The van der Waals surface area contributed by atoms with Crippen molar-refractivity contribution in [2.75, 3.05) is 6.54 Å². The summed E-state index contributed by atoms with van der Waals surface area (Å²) in [6, 6.07) is 11.4.